The molecule has 2 atom stereocenters. The molecular formula is C15H13ClO2. The average molecular weight is 261 g/mol. The molecule has 0 aliphatic carbocycles. The first-order valence-electron chi connectivity index (χ1n) is 5.93. The zero-order chi connectivity index (χ0) is 12.5. The fourth-order valence-corrected chi connectivity index (χ4v) is 2.40. The third kappa shape index (κ3) is 2.09. The van der Waals surface area contributed by atoms with Crippen LogP contribution < -0.4 is 4.74 Å². The van der Waals surface area contributed by atoms with E-state index in [1.165, 1.54) is 0 Å². The van der Waals surface area contributed by atoms with Crippen LogP contribution in [0.25, 0.3) is 0 Å². The number of halogens is 1. The smallest absolute Gasteiger partial charge is 0.127 e. The predicted molar refractivity (Wildman–Crippen MR) is 70.8 cm³/mol. The van der Waals surface area contributed by atoms with E-state index in [1.807, 2.05) is 48.5 Å². The van der Waals surface area contributed by atoms with Crippen LogP contribution >= 0.6 is 11.6 Å². The van der Waals surface area contributed by atoms with Gasteiger partial charge >= 0.3 is 0 Å². The average Bonchev–Trinajstić information content (AvgIpc) is 2.39. The van der Waals surface area contributed by atoms with Crippen LogP contribution in [-0.2, 0) is 0 Å². The number of fused-ring (bicyclic) bond motifs is 1. The minimum atomic E-state index is -0.476. The number of aliphatic hydroxyl groups is 1. The molecule has 1 aliphatic heterocycles. The second kappa shape index (κ2) is 4.63. The van der Waals surface area contributed by atoms with Gasteiger partial charge < -0.3 is 9.84 Å². The van der Waals surface area contributed by atoms with Crippen LogP contribution in [0.15, 0.2) is 48.5 Å². The Balaban J connectivity index is 1.92. The van der Waals surface area contributed by atoms with Crippen LogP contribution in [0, 0.1) is 0 Å². The van der Waals surface area contributed by atoms with Gasteiger partial charge in [-0.1, -0.05) is 41.9 Å². The first-order valence-corrected chi connectivity index (χ1v) is 6.31. The van der Waals surface area contributed by atoms with Gasteiger partial charge in [-0.2, -0.15) is 0 Å². The lowest BCUT2D eigenvalue weighted by Gasteiger charge is -2.29. The maximum atomic E-state index is 10.1. The van der Waals surface area contributed by atoms with Gasteiger partial charge in [-0.05, 0) is 23.8 Å². The summed E-state index contributed by atoms with van der Waals surface area (Å²) < 4.78 is 5.93. The summed E-state index contributed by atoms with van der Waals surface area (Å²) in [6, 6.07) is 15.2. The van der Waals surface area contributed by atoms with Crippen molar-refractivity contribution in [1.82, 2.24) is 0 Å². The van der Waals surface area contributed by atoms with Crippen molar-refractivity contribution in [3.8, 4) is 5.75 Å². The molecule has 2 aromatic rings. The van der Waals surface area contributed by atoms with Gasteiger partial charge in [-0.25, -0.2) is 0 Å². The minimum absolute atomic E-state index is 0.118. The summed E-state index contributed by atoms with van der Waals surface area (Å²) in [4.78, 5) is 0. The van der Waals surface area contributed by atoms with Crippen molar-refractivity contribution in [3.63, 3.8) is 0 Å². The van der Waals surface area contributed by atoms with Crippen LogP contribution in [0.5, 0.6) is 5.75 Å². The molecule has 2 nitrogen and oxygen atoms in total. The normalized spacial score (nSPS) is 22.1. The zero-order valence-electron chi connectivity index (χ0n) is 9.71. The summed E-state index contributed by atoms with van der Waals surface area (Å²) in [6.07, 6.45) is -0.0265. The number of benzene rings is 2. The quantitative estimate of drug-likeness (QED) is 0.843. The lowest BCUT2D eigenvalue weighted by atomic mass is 9.95. The molecule has 3 rings (SSSR count). The molecule has 2 aromatic carbocycles. The monoisotopic (exact) mass is 260 g/mol. The molecule has 3 heteroatoms. The Morgan fingerprint density at radius 2 is 1.78 bits per heavy atom. The highest BCUT2D eigenvalue weighted by Gasteiger charge is 2.27. The number of hydrogen-bond acceptors (Lipinski definition) is 2. The van der Waals surface area contributed by atoms with Gasteiger partial charge in [-0.3, -0.25) is 0 Å². The molecule has 0 saturated carbocycles. The molecule has 0 aromatic heterocycles. The Kier molecular flexibility index (Phi) is 2.98. The van der Waals surface area contributed by atoms with Crippen LogP contribution in [0.3, 0.4) is 0 Å². The molecule has 0 fully saturated rings. The standard InChI is InChI=1S/C15H13ClO2/c16-11-7-5-10(6-8-11)15-9-13(17)12-3-1-2-4-14(12)18-15/h1-8,13,15,17H,9H2/t13-,15+/m1/s1. The zero-order valence-corrected chi connectivity index (χ0v) is 10.5. The Morgan fingerprint density at radius 1 is 1.06 bits per heavy atom. The number of ether oxygens (including phenoxy) is 1. The molecule has 0 amide bonds. The van der Waals surface area contributed by atoms with E-state index in [0.29, 0.717) is 11.4 Å². The highest BCUT2D eigenvalue weighted by Crippen LogP contribution is 2.40. The predicted octanol–water partition coefficient (Wildman–Crippen LogP) is 3.90. The van der Waals surface area contributed by atoms with E-state index in [9.17, 15) is 5.11 Å². The van der Waals surface area contributed by atoms with E-state index in [1.54, 1.807) is 0 Å². The molecule has 0 unspecified atom stereocenters. The Labute approximate surface area is 111 Å². The van der Waals surface area contributed by atoms with E-state index in [-0.39, 0.29) is 6.10 Å². The van der Waals surface area contributed by atoms with Gasteiger partial charge in [0.1, 0.15) is 11.9 Å². The Hall–Kier alpha value is -1.51. The second-order valence-corrected chi connectivity index (χ2v) is 4.88. The van der Waals surface area contributed by atoms with Gasteiger partial charge in [-0.15, -0.1) is 0 Å². The molecule has 0 saturated heterocycles. The van der Waals surface area contributed by atoms with Crippen molar-refractivity contribution in [2.24, 2.45) is 0 Å². The number of aliphatic hydroxyl groups excluding tert-OH is 1. The topological polar surface area (TPSA) is 29.5 Å². The Bertz CT molecular complexity index is 551. The summed E-state index contributed by atoms with van der Waals surface area (Å²) in [5.41, 5.74) is 1.90. The van der Waals surface area contributed by atoms with Gasteiger partial charge in [0, 0.05) is 17.0 Å². The van der Waals surface area contributed by atoms with Crippen molar-refractivity contribution in [2.45, 2.75) is 18.6 Å². The summed E-state index contributed by atoms with van der Waals surface area (Å²) in [7, 11) is 0. The van der Waals surface area contributed by atoms with Gasteiger partial charge in [0.15, 0.2) is 0 Å². The molecule has 1 N–H and O–H groups in total. The third-order valence-electron chi connectivity index (χ3n) is 3.23. The first kappa shape index (κ1) is 11.6. The van der Waals surface area contributed by atoms with Crippen LogP contribution in [0.1, 0.15) is 29.8 Å². The van der Waals surface area contributed by atoms with Gasteiger partial charge in [0.25, 0.3) is 0 Å². The lowest BCUT2D eigenvalue weighted by molar-refractivity contribution is 0.0657. The summed E-state index contributed by atoms with van der Waals surface area (Å²) in [5, 5.41) is 10.8. The number of para-hydroxylation sites is 1. The van der Waals surface area contributed by atoms with E-state index in [2.05, 4.69) is 0 Å². The summed E-state index contributed by atoms with van der Waals surface area (Å²) in [5.74, 6) is 0.760. The minimum Gasteiger partial charge on any atom is -0.485 e. The van der Waals surface area contributed by atoms with E-state index in [0.717, 1.165) is 16.9 Å². The molecular weight excluding hydrogens is 248 g/mol. The fourth-order valence-electron chi connectivity index (χ4n) is 2.28. The second-order valence-electron chi connectivity index (χ2n) is 4.45. The molecule has 0 spiro atoms. The highest BCUT2D eigenvalue weighted by atomic mass is 35.5. The maximum Gasteiger partial charge on any atom is 0.127 e. The largest absolute Gasteiger partial charge is 0.485 e. The third-order valence-corrected chi connectivity index (χ3v) is 3.48. The van der Waals surface area contributed by atoms with Gasteiger partial charge in [0.2, 0.25) is 0 Å². The van der Waals surface area contributed by atoms with Crippen molar-refractivity contribution >= 4 is 11.6 Å². The van der Waals surface area contributed by atoms with Crippen molar-refractivity contribution < 1.29 is 9.84 Å². The van der Waals surface area contributed by atoms with Crippen molar-refractivity contribution in [3.05, 3.63) is 64.7 Å². The number of rotatable bonds is 1. The SMILES string of the molecule is O[C@@H]1C[C@@H](c2ccc(Cl)cc2)Oc2ccccc21. The lowest BCUT2D eigenvalue weighted by Crippen LogP contribution is -2.18. The van der Waals surface area contributed by atoms with Crippen molar-refractivity contribution in [2.75, 3.05) is 0 Å². The molecule has 1 aliphatic rings. The van der Waals surface area contributed by atoms with Crippen LogP contribution in [0.2, 0.25) is 5.02 Å². The van der Waals surface area contributed by atoms with E-state index in [4.69, 9.17) is 16.3 Å². The first-order chi connectivity index (χ1) is 8.74. The van der Waals surface area contributed by atoms with E-state index < -0.39 is 6.10 Å². The highest BCUT2D eigenvalue weighted by molar-refractivity contribution is 6.30. The van der Waals surface area contributed by atoms with Crippen LogP contribution in [-0.4, -0.2) is 5.11 Å². The maximum absolute atomic E-state index is 10.1. The molecule has 0 radical (unpaired) electrons. The summed E-state index contributed by atoms with van der Waals surface area (Å²) >= 11 is 5.87. The van der Waals surface area contributed by atoms with Crippen LogP contribution in [0.4, 0.5) is 0 Å². The molecule has 0 bridgehead atoms. The number of hydrogen-bond donors (Lipinski definition) is 1. The molecule has 18 heavy (non-hydrogen) atoms. The van der Waals surface area contributed by atoms with Gasteiger partial charge in [0.05, 0.1) is 6.10 Å². The molecule has 92 valence electrons. The summed E-state index contributed by atoms with van der Waals surface area (Å²) in [6.45, 7) is 0. The van der Waals surface area contributed by atoms with Crippen molar-refractivity contribution in [1.29, 1.82) is 0 Å². The van der Waals surface area contributed by atoms with E-state index >= 15 is 0 Å². The Morgan fingerprint density at radius 3 is 2.56 bits per heavy atom. The molecule has 1 heterocycles. The fraction of sp³-hybridized carbons (Fsp3) is 0.200.